The summed E-state index contributed by atoms with van der Waals surface area (Å²) >= 11 is 19.6. The standard InChI is InChI=1S/C28H21Cl3N2O2S/c1-2-17-7-5-8-22-20(15-32(26(17)22)14-18-6-3-4-9-23(18)30)12-25-27(34)33(28(35)36-25)16-19-10-11-21(29)13-24(19)31/h3-13,15H,2,14,16H2,1H3/b25-12-. The van der Waals surface area contributed by atoms with Crippen molar-refractivity contribution in [2.24, 2.45) is 0 Å². The van der Waals surface area contributed by atoms with Gasteiger partial charge in [0.15, 0.2) is 0 Å². The number of thioether (sulfide) groups is 1. The summed E-state index contributed by atoms with van der Waals surface area (Å²) in [5.41, 5.74) is 4.84. The third-order valence-corrected chi connectivity index (χ3v) is 8.06. The summed E-state index contributed by atoms with van der Waals surface area (Å²) in [6, 6.07) is 19.0. The normalized spacial score (nSPS) is 15.0. The maximum Gasteiger partial charge on any atom is 0.293 e. The van der Waals surface area contributed by atoms with Crippen molar-refractivity contribution in [1.82, 2.24) is 9.47 Å². The van der Waals surface area contributed by atoms with Crippen molar-refractivity contribution in [1.29, 1.82) is 0 Å². The number of aromatic nitrogens is 1. The minimum absolute atomic E-state index is 0.0895. The smallest absolute Gasteiger partial charge is 0.293 e. The molecule has 0 bridgehead atoms. The average molecular weight is 556 g/mol. The number of halogens is 3. The molecule has 1 fully saturated rings. The number of para-hydroxylation sites is 1. The maximum absolute atomic E-state index is 13.2. The molecule has 4 aromatic rings. The summed E-state index contributed by atoms with van der Waals surface area (Å²) in [7, 11) is 0. The topological polar surface area (TPSA) is 42.3 Å². The predicted octanol–water partition coefficient (Wildman–Crippen LogP) is 8.45. The van der Waals surface area contributed by atoms with Crippen molar-refractivity contribution in [2.45, 2.75) is 26.4 Å². The highest BCUT2D eigenvalue weighted by Crippen LogP contribution is 2.37. The SMILES string of the molecule is CCc1cccc2c(/C=C3\SC(=O)N(Cc4ccc(Cl)cc4Cl)C3=O)cn(Cc3ccccc3Cl)c12. The molecule has 0 N–H and O–H groups in total. The van der Waals surface area contributed by atoms with Gasteiger partial charge in [-0.3, -0.25) is 14.5 Å². The second kappa shape index (κ2) is 10.3. The zero-order valence-electron chi connectivity index (χ0n) is 19.3. The molecule has 0 atom stereocenters. The largest absolute Gasteiger partial charge is 0.342 e. The highest BCUT2D eigenvalue weighted by Gasteiger charge is 2.35. The molecule has 2 heterocycles. The van der Waals surface area contributed by atoms with E-state index < -0.39 is 0 Å². The van der Waals surface area contributed by atoms with Crippen LogP contribution < -0.4 is 0 Å². The van der Waals surface area contributed by atoms with Crippen molar-refractivity contribution in [3.8, 4) is 0 Å². The molecule has 36 heavy (non-hydrogen) atoms. The molecule has 182 valence electrons. The molecule has 1 aromatic heterocycles. The molecule has 2 amide bonds. The number of hydrogen-bond acceptors (Lipinski definition) is 3. The molecule has 0 aliphatic carbocycles. The molecule has 0 spiro atoms. The fourth-order valence-corrected chi connectivity index (χ4v) is 5.89. The number of aryl methyl sites for hydroxylation is 1. The summed E-state index contributed by atoms with van der Waals surface area (Å²) in [5, 5.41) is 2.31. The molecular formula is C28H21Cl3N2O2S. The number of amides is 2. The Labute approximate surface area is 228 Å². The minimum atomic E-state index is -0.338. The van der Waals surface area contributed by atoms with Gasteiger partial charge in [-0.15, -0.1) is 0 Å². The first-order valence-electron chi connectivity index (χ1n) is 11.4. The van der Waals surface area contributed by atoms with Gasteiger partial charge in [0, 0.05) is 38.8 Å². The zero-order chi connectivity index (χ0) is 25.4. The van der Waals surface area contributed by atoms with Crippen molar-refractivity contribution in [2.75, 3.05) is 0 Å². The van der Waals surface area contributed by atoms with Gasteiger partial charge in [-0.2, -0.15) is 0 Å². The third-order valence-electron chi connectivity index (χ3n) is 6.20. The van der Waals surface area contributed by atoms with Crippen LogP contribution in [0.25, 0.3) is 17.0 Å². The van der Waals surface area contributed by atoms with E-state index in [1.54, 1.807) is 24.3 Å². The molecule has 0 unspecified atom stereocenters. The number of imide groups is 1. The molecular weight excluding hydrogens is 535 g/mol. The van der Waals surface area contributed by atoms with Gasteiger partial charge in [0.2, 0.25) is 0 Å². The fraction of sp³-hybridized carbons (Fsp3) is 0.143. The van der Waals surface area contributed by atoms with Gasteiger partial charge < -0.3 is 4.57 Å². The number of nitrogens with zero attached hydrogens (tertiary/aromatic N) is 2. The number of benzene rings is 3. The summed E-state index contributed by atoms with van der Waals surface area (Å²) in [6.45, 7) is 2.80. The summed E-state index contributed by atoms with van der Waals surface area (Å²) < 4.78 is 2.17. The maximum atomic E-state index is 13.2. The third kappa shape index (κ3) is 4.81. The number of rotatable bonds is 6. The molecule has 1 saturated heterocycles. The predicted molar refractivity (Wildman–Crippen MR) is 150 cm³/mol. The number of hydrogen-bond donors (Lipinski definition) is 0. The van der Waals surface area contributed by atoms with Gasteiger partial charge in [0.25, 0.3) is 11.1 Å². The molecule has 3 aromatic carbocycles. The van der Waals surface area contributed by atoms with Crippen molar-refractivity contribution in [3.05, 3.63) is 109 Å². The Hall–Kier alpha value is -2.70. The monoisotopic (exact) mass is 554 g/mol. The van der Waals surface area contributed by atoms with Crippen LogP contribution in [-0.4, -0.2) is 20.6 Å². The van der Waals surface area contributed by atoms with Crippen LogP contribution >= 0.6 is 46.6 Å². The zero-order valence-corrected chi connectivity index (χ0v) is 22.4. The molecule has 8 heteroatoms. The van der Waals surface area contributed by atoms with Crippen LogP contribution in [0.5, 0.6) is 0 Å². The molecule has 1 aliphatic rings. The van der Waals surface area contributed by atoms with Crippen LogP contribution in [0.1, 0.15) is 29.2 Å². The first-order chi connectivity index (χ1) is 17.4. The van der Waals surface area contributed by atoms with Gasteiger partial charge in [0.05, 0.1) is 17.0 Å². The van der Waals surface area contributed by atoms with Gasteiger partial charge in [0.1, 0.15) is 0 Å². The molecule has 0 radical (unpaired) electrons. The Morgan fingerprint density at radius 1 is 0.861 bits per heavy atom. The Morgan fingerprint density at radius 3 is 2.36 bits per heavy atom. The Kier molecular flexibility index (Phi) is 7.18. The van der Waals surface area contributed by atoms with E-state index in [4.69, 9.17) is 34.8 Å². The lowest BCUT2D eigenvalue weighted by Gasteiger charge is -2.13. The van der Waals surface area contributed by atoms with E-state index in [9.17, 15) is 9.59 Å². The number of carbonyl (C=O) groups excluding carboxylic acids is 2. The van der Waals surface area contributed by atoms with E-state index in [-0.39, 0.29) is 17.7 Å². The van der Waals surface area contributed by atoms with Crippen LogP contribution in [0.2, 0.25) is 15.1 Å². The lowest BCUT2D eigenvalue weighted by Crippen LogP contribution is -2.27. The minimum Gasteiger partial charge on any atom is -0.342 e. The average Bonchev–Trinajstić information content (AvgIpc) is 3.34. The van der Waals surface area contributed by atoms with Crippen molar-refractivity contribution >= 4 is 74.7 Å². The van der Waals surface area contributed by atoms with Gasteiger partial charge in [-0.05, 0) is 59.1 Å². The molecule has 4 nitrogen and oxygen atoms in total. The molecule has 1 aliphatic heterocycles. The van der Waals surface area contributed by atoms with E-state index >= 15 is 0 Å². The molecule has 5 rings (SSSR count). The van der Waals surface area contributed by atoms with Crippen LogP contribution in [0.3, 0.4) is 0 Å². The van der Waals surface area contributed by atoms with Crippen LogP contribution in [0, 0.1) is 0 Å². The Morgan fingerprint density at radius 2 is 1.61 bits per heavy atom. The molecule has 0 saturated carbocycles. The summed E-state index contributed by atoms with van der Waals surface area (Å²) in [5.74, 6) is -0.338. The van der Waals surface area contributed by atoms with E-state index in [1.807, 2.05) is 42.6 Å². The van der Waals surface area contributed by atoms with E-state index in [2.05, 4.69) is 17.6 Å². The quantitative estimate of drug-likeness (QED) is 0.224. The first-order valence-corrected chi connectivity index (χ1v) is 13.3. The lowest BCUT2D eigenvalue weighted by molar-refractivity contribution is -0.123. The second-order valence-corrected chi connectivity index (χ2v) is 10.7. The van der Waals surface area contributed by atoms with E-state index in [0.29, 0.717) is 32.1 Å². The number of carbonyl (C=O) groups is 2. The Bertz CT molecular complexity index is 1540. The summed E-state index contributed by atoms with van der Waals surface area (Å²) in [4.78, 5) is 27.6. The van der Waals surface area contributed by atoms with Crippen LogP contribution in [-0.2, 0) is 24.3 Å². The van der Waals surface area contributed by atoms with E-state index in [0.717, 1.165) is 40.2 Å². The van der Waals surface area contributed by atoms with Crippen molar-refractivity contribution < 1.29 is 9.59 Å². The van der Waals surface area contributed by atoms with Gasteiger partial charge in [-0.1, -0.05) is 84.2 Å². The van der Waals surface area contributed by atoms with Crippen LogP contribution in [0.15, 0.2) is 71.8 Å². The highest BCUT2D eigenvalue weighted by molar-refractivity contribution is 8.18. The van der Waals surface area contributed by atoms with E-state index in [1.165, 1.54) is 10.5 Å². The first kappa shape index (κ1) is 25.0. The summed E-state index contributed by atoms with van der Waals surface area (Å²) in [6.07, 6.45) is 4.69. The fourth-order valence-electron chi connectivity index (χ4n) is 4.40. The van der Waals surface area contributed by atoms with Gasteiger partial charge in [-0.25, -0.2) is 0 Å². The van der Waals surface area contributed by atoms with Gasteiger partial charge >= 0.3 is 0 Å². The van der Waals surface area contributed by atoms with Crippen LogP contribution in [0.4, 0.5) is 4.79 Å². The lowest BCUT2D eigenvalue weighted by atomic mass is 10.1. The van der Waals surface area contributed by atoms with Crippen molar-refractivity contribution in [3.63, 3.8) is 0 Å². The highest BCUT2D eigenvalue weighted by atomic mass is 35.5. The second-order valence-electron chi connectivity index (χ2n) is 8.47. The number of fused-ring (bicyclic) bond motifs is 1. The Balaban J connectivity index is 1.52.